The van der Waals surface area contributed by atoms with Gasteiger partial charge in [-0.05, 0) is 62.7 Å². The molecule has 2 unspecified atom stereocenters. The third kappa shape index (κ3) is 2.19. The monoisotopic (exact) mass is 275 g/mol. The van der Waals surface area contributed by atoms with E-state index in [0.717, 1.165) is 44.9 Å². The van der Waals surface area contributed by atoms with Crippen LogP contribution in [-0.4, -0.2) is 10.7 Å². The molecule has 2 atom stereocenters. The first kappa shape index (κ1) is 14.4. The molecule has 20 heavy (non-hydrogen) atoms. The maximum atomic E-state index is 11.3. The first-order valence-electron chi connectivity index (χ1n) is 8.67. The van der Waals surface area contributed by atoms with Crippen molar-refractivity contribution >= 4 is 0 Å². The predicted octanol–water partition coefficient (Wildman–Crippen LogP) is 4.57. The van der Waals surface area contributed by atoms with Crippen molar-refractivity contribution in [2.75, 3.05) is 0 Å². The molecule has 1 N–H and O–H groups in total. The molecule has 2 nitrogen and oxygen atoms in total. The van der Waals surface area contributed by atoms with Gasteiger partial charge in [-0.15, -0.1) is 0 Å². The molecular weight excluding hydrogens is 246 g/mol. The van der Waals surface area contributed by atoms with E-state index in [-0.39, 0.29) is 0 Å². The molecule has 3 aliphatic rings. The number of hydrogen-bond acceptors (Lipinski definition) is 2. The van der Waals surface area contributed by atoms with Gasteiger partial charge in [0.2, 0.25) is 0 Å². The van der Waals surface area contributed by atoms with Gasteiger partial charge in [0.25, 0.3) is 0 Å². The maximum absolute atomic E-state index is 11.3. The Morgan fingerprint density at radius 3 is 2.15 bits per heavy atom. The molecule has 0 aliphatic heterocycles. The molecule has 1 spiro atoms. The van der Waals surface area contributed by atoms with Gasteiger partial charge in [0.1, 0.15) is 0 Å². The highest BCUT2D eigenvalue weighted by atomic mass is 16.3. The van der Waals surface area contributed by atoms with Crippen molar-refractivity contribution in [2.45, 2.75) is 89.6 Å². The Morgan fingerprint density at radius 2 is 1.60 bits per heavy atom. The van der Waals surface area contributed by atoms with Gasteiger partial charge < -0.3 is 5.11 Å². The highest BCUT2D eigenvalue weighted by Gasteiger charge is 2.55. The smallest absolute Gasteiger partial charge is 0.0862 e. The van der Waals surface area contributed by atoms with E-state index in [9.17, 15) is 10.4 Å². The summed E-state index contributed by atoms with van der Waals surface area (Å²) in [4.78, 5) is 0. The first-order chi connectivity index (χ1) is 9.53. The summed E-state index contributed by atoms with van der Waals surface area (Å²) in [6, 6.07) is 2.59. The predicted molar refractivity (Wildman–Crippen MR) is 80.0 cm³/mol. The van der Waals surface area contributed by atoms with E-state index in [1.807, 2.05) is 0 Å². The van der Waals surface area contributed by atoms with Crippen LogP contribution in [-0.2, 0) is 0 Å². The van der Waals surface area contributed by atoms with Crippen LogP contribution in [0, 0.1) is 28.1 Å². The zero-order chi connectivity index (χ0) is 14.3. The van der Waals surface area contributed by atoms with Gasteiger partial charge in [-0.2, -0.15) is 5.26 Å². The summed E-state index contributed by atoms with van der Waals surface area (Å²) in [5.74, 6) is 0.592. The van der Waals surface area contributed by atoms with Crippen LogP contribution in [0.2, 0.25) is 0 Å². The molecule has 0 aromatic rings. The Morgan fingerprint density at radius 1 is 0.950 bits per heavy atom. The SMILES string of the molecule is CC1CCCC(C#N)(C2(O)CCC3(CCCC3)CC2)C1. The van der Waals surface area contributed by atoms with Crippen molar-refractivity contribution in [1.29, 1.82) is 5.26 Å². The van der Waals surface area contributed by atoms with Crippen LogP contribution in [0.5, 0.6) is 0 Å². The lowest BCUT2D eigenvalue weighted by Crippen LogP contribution is -2.53. The first-order valence-corrected chi connectivity index (χ1v) is 8.67. The zero-order valence-electron chi connectivity index (χ0n) is 13.0. The summed E-state index contributed by atoms with van der Waals surface area (Å²) in [7, 11) is 0. The molecular formula is C18H29NO. The van der Waals surface area contributed by atoms with Gasteiger partial charge in [0.05, 0.1) is 17.1 Å². The Labute approximate surface area is 123 Å². The lowest BCUT2D eigenvalue weighted by atomic mass is 9.54. The molecule has 0 radical (unpaired) electrons. The largest absolute Gasteiger partial charge is 0.388 e. The summed E-state index contributed by atoms with van der Waals surface area (Å²) >= 11 is 0. The van der Waals surface area contributed by atoms with Gasteiger partial charge >= 0.3 is 0 Å². The van der Waals surface area contributed by atoms with Crippen LogP contribution in [0.1, 0.15) is 84.0 Å². The van der Waals surface area contributed by atoms with E-state index in [2.05, 4.69) is 13.0 Å². The van der Waals surface area contributed by atoms with E-state index in [1.165, 1.54) is 32.1 Å². The average molecular weight is 275 g/mol. The van der Waals surface area contributed by atoms with Crippen LogP contribution in [0.15, 0.2) is 0 Å². The molecule has 0 aromatic heterocycles. The molecule has 0 amide bonds. The topological polar surface area (TPSA) is 44.0 Å². The molecule has 112 valence electrons. The summed E-state index contributed by atoms with van der Waals surface area (Å²) in [5, 5.41) is 21.1. The maximum Gasteiger partial charge on any atom is 0.0862 e. The minimum atomic E-state index is -0.704. The lowest BCUT2D eigenvalue weighted by Gasteiger charge is -2.52. The van der Waals surface area contributed by atoms with Crippen molar-refractivity contribution in [3.63, 3.8) is 0 Å². The second kappa shape index (κ2) is 5.02. The van der Waals surface area contributed by atoms with E-state index >= 15 is 0 Å². The molecule has 3 fully saturated rings. The Bertz CT molecular complexity index is 394. The van der Waals surface area contributed by atoms with Crippen molar-refractivity contribution < 1.29 is 5.11 Å². The standard InChI is InChI=1S/C18H29NO/c1-15-5-4-8-17(13-15,14-19)18(20)11-9-16(10-12-18)6-2-3-7-16/h15,20H,2-13H2,1H3. The van der Waals surface area contributed by atoms with E-state index < -0.39 is 11.0 Å². The Kier molecular flexibility index (Phi) is 3.61. The van der Waals surface area contributed by atoms with Gasteiger partial charge in [-0.25, -0.2) is 0 Å². The second-order valence-electron chi connectivity index (χ2n) is 8.13. The van der Waals surface area contributed by atoms with Crippen molar-refractivity contribution in [3.8, 4) is 6.07 Å². The van der Waals surface area contributed by atoms with Gasteiger partial charge in [-0.1, -0.05) is 32.6 Å². The minimum Gasteiger partial charge on any atom is -0.388 e. The molecule has 3 rings (SSSR count). The van der Waals surface area contributed by atoms with Crippen LogP contribution in [0.3, 0.4) is 0 Å². The van der Waals surface area contributed by atoms with E-state index in [4.69, 9.17) is 0 Å². The number of nitrogens with zero attached hydrogens (tertiary/aromatic N) is 1. The number of hydrogen-bond donors (Lipinski definition) is 1. The molecule has 0 aromatic carbocycles. The quantitative estimate of drug-likeness (QED) is 0.761. The Balaban J connectivity index is 1.77. The highest BCUT2D eigenvalue weighted by Crippen LogP contribution is 2.58. The van der Waals surface area contributed by atoms with E-state index in [1.54, 1.807) is 0 Å². The Hall–Kier alpha value is -0.550. The third-order valence-electron chi connectivity index (χ3n) is 6.90. The van der Waals surface area contributed by atoms with Crippen molar-refractivity contribution in [3.05, 3.63) is 0 Å². The highest BCUT2D eigenvalue weighted by molar-refractivity contribution is 5.15. The third-order valence-corrected chi connectivity index (χ3v) is 6.90. The van der Waals surface area contributed by atoms with Gasteiger partial charge in [0, 0.05) is 0 Å². The summed E-state index contributed by atoms with van der Waals surface area (Å²) in [6.07, 6.45) is 13.7. The zero-order valence-corrected chi connectivity index (χ0v) is 13.0. The minimum absolute atomic E-state index is 0.453. The molecule has 3 aliphatic carbocycles. The van der Waals surface area contributed by atoms with Gasteiger partial charge in [-0.3, -0.25) is 0 Å². The normalized spacial score (nSPS) is 39.5. The average Bonchev–Trinajstić information content (AvgIpc) is 2.91. The molecule has 0 saturated heterocycles. The summed E-state index contributed by atoms with van der Waals surface area (Å²) < 4.78 is 0. The molecule has 0 bridgehead atoms. The van der Waals surface area contributed by atoms with Crippen LogP contribution < -0.4 is 0 Å². The number of rotatable bonds is 1. The number of aliphatic hydroxyl groups is 1. The fourth-order valence-electron chi connectivity index (χ4n) is 5.48. The molecule has 3 saturated carbocycles. The van der Waals surface area contributed by atoms with Gasteiger partial charge in [0.15, 0.2) is 0 Å². The molecule has 2 heteroatoms. The molecule has 0 heterocycles. The fraction of sp³-hybridized carbons (Fsp3) is 0.944. The van der Waals surface area contributed by atoms with Crippen molar-refractivity contribution in [1.82, 2.24) is 0 Å². The lowest BCUT2D eigenvalue weighted by molar-refractivity contribution is -0.123. The van der Waals surface area contributed by atoms with Crippen molar-refractivity contribution in [2.24, 2.45) is 16.7 Å². The number of nitriles is 1. The fourth-order valence-corrected chi connectivity index (χ4v) is 5.48. The second-order valence-corrected chi connectivity index (χ2v) is 8.13. The summed E-state index contributed by atoms with van der Waals surface area (Å²) in [5.41, 5.74) is -0.627. The van der Waals surface area contributed by atoms with Crippen LogP contribution >= 0.6 is 0 Å². The van der Waals surface area contributed by atoms with Crippen LogP contribution in [0.4, 0.5) is 0 Å². The van der Waals surface area contributed by atoms with E-state index in [0.29, 0.717) is 11.3 Å². The van der Waals surface area contributed by atoms with Crippen LogP contribution in [0.25, 0.3) is 0 Å². The summed E-state index contributed by atoms with van der Waals surface area (Å²) in [6.45, 7) is 2.25.